The number of rotatable bonds is 12. The van der Waals surface area contributed by atoms with E-state index in [1.165, 1.54) is 0 Å². The molecule has 0 aromatic heterocycles. The maximum absolute atomic E-state index is 10.2. The van der Waals surface area contributed by atoms with Gasteiger partial charge in [-0.1, -0.05) is 34.6 Å². The molecule has 154 valence electrons. The molecule has 0 fully saturated rings. The van der Waals surface area contributed by atoms with Crippen LogP contribution in [0.25, 0.3) is 0 Å². The highest BCUT2D eigenvalue weighted by molar-refractivity contribution is 8.14. The third-order valence-corrected chi connectivity index (χ3v) is 5.34. The van der Waals surface area contributed by atoms with Crippen LogP contribution in [0.15, 0.2) is 0 Å². The van der Waals surface area contributed by atoms with Crippen LogP contribution in [0, 0.1) is 10.8 Å². The highest BCUT2D eigenvalue weighted by Gasteiger charge is 2.27. The first-order valence-electron chi connectivity index (χ1n) is 9.64. The molecule has 0 aromatic carbocycles. The smallest absolute Gasteiger partial charge is 0.0678 e. The maximum atomic E-state index is 10.2. The molecular weight excluding hydrogens is 332 g/mol. The lowest BCUT2D eigenvalue weighted by molar-refractivity contribution is 0.0978. The van der Waals surface area contributed by atoms with E-state index in [9.17, 15) is 10.2 Å². The van der Waals surface area contributed by atoms with Crippen molar-refractivity contribution in [2.75, 3.05) is 25.6 Å². The second-order valence-electron chi connectivity index (χ2n) is 10.5. The number of aliphatic hydroxyl groups is 2. The van der Waals surface area contributed by atoms with Crippen molar-refractivity contribution in [1.29, 1.82) is 0 Å². The number of hydrogen-bond acceptors (Lipinski definition) is 4. The van der Waals surface area contributed by atoms with Crippen molar-refractivity contribution in [3.63, 3.8) is 0 Å². The van der Waals surface area contributed by atoms with E-state index in [4.69, 9.17) is 0 Å². The number of hydrogen-bond donors (Lipinski definition) is 5. The van der Waals surface area contributed by atoms with Gasteiger partial charge >= 0.3 is 0 Å². The van der Waals surface area contributed by atoms with Gasteiger partial charge < -0.3 is 15.5 Å². The highest BCUT2D eigenvalue weighted by Crippen LogP contribution is 2.31. The van der Waals surface area contributed by atoms with Gasteiger partial charge in [-0.05, 0) is 62.9 Å². The number of β-amino-alcohol motifs (C(OH)–C–C–N with tert-alkyl or cyclic N) is 1. The molecule has 1 unspecified atom stereocenters. The largest absolute Gasteiger partial charge is 0.392 e. The van der Waals surface area contributed by atoms with Crippen molar-refractivity contribution in [3.8, 4) is 0 Å². The van der Waals surface area contributed by atoms with Gasteiger partial charge in [0.2, 0.25) is 0 Å². The molecule has 0 aliphatic carbocycles. The van der Waals surface area contributed by atoms with E-state index in [-0.39, 0.29) is 39.7 Å². The van der Waals surface area contributed by atoms with Crippen molar-refractivity contribution in [1.82, 2.24) is 10.0 Å². The van der Waals surface area contributed by atoms with Gasteiger partial charge in [0.05, 0.1) is 12.2 Å². The Bertz CT molecular complexity index is 365. The number of nitrogens with one attached hydrogen (secondary N) is 2. The zero-order chi connectivity index (χ0) is 19.9. The molecule has 0 spiro atoms. The van der Waals surface area contributed by atoms with Crippen LogP contribution in [0.4, 0.5) is 0 Å². The SMILES string of the molecule is C[SH](C)NCC(O)CC(C)(C)CCC(C)(C)NC[C@H](O)CC(C)(C)C. The molecule has 0 aromatic rings. The monoisotopic (exact) mass is 378 g/mol. The van der Waals surface area contributed by atoms with Crippen molar-refractivity contribution in [3.05, 3.63) is 0 Å². The van der Waals surface area contributed by atoms with Gasteiger partial charge in [0.25, 0.3) is 0 Å². The summed E-state index contributed by atoms with van der Waals surface area (Å²) >= 11 is -0.166. The Kier molecular flexibility index (Phi) is 10.6. The summed E-state index contributed by atoms with van der Waals surface area (Å²) in [6.07, 6.45) is 7.42. The van der Waals surface area contributed by atoms with Gasteiger partial charge in [0, 0.05) is 18.6 Å². The fraction of sp³-hybridized carbons (Fsp3) is 1.00. The van der Waals surface area contributed by atoms with E-state index in [0.29, 0.717) is 13.1 Å². The van der Waals surface area contributed by atoms with E-state index in [1.54, 1.807) is 0 Å². The topological polar surface area (TPSA) is 64.5 Å². The zero-order valence-corrected chi connectivity index (χ0v) is 19.1. The third-order valence-electron chi connectivity index (χ3n) is 4.52. The fourth-order valence-electron chi connectivity index (χ4n) is 3.01. The molecule has 0 heterocycles. The van der Waals surface area contributed by atoms with Gasteiger partial charge in [0.1, 0.15) is 0 Å². The molecule has 0 aliphatic heterocycles. The first kappa shape index (κ1) is 25.2. The second kappa shape index (κ2) is 10.5. The maximum Gasteiger partial charge on any atom is 0.0678 e. The summed E-state index contributed by atoms with van der Waals surface area (Å²) in [6, 6.07) is 0. The lowest BCUT2D eigenvalue weighted by Gasteiger charge is -2.34. The Morgan fingerprint density at radius 2 is 1.32 bits per heavy atom. The fourth-order valence-corrected chi connectivity index (χ4v) is 3.59. The van der Waals surface area contributed by atoms with Crippen LogP contribution in [0.2, 0.25) is 0 Å². The summed E-state index contributed by atoms with van der Waals surface area (Å²) in [7, 11) is 0. The molecule has 0 aliphatic rings. The van der Waals surface area contributed by atoms with E-state index >= 15 is 0 Å². The van der Waals surface area contributed by atoms with E-state index < -0.39 is 0 Å². The summed E-state index contributed by atoms with van der Waals surface area (Å²) in [5.41, 5.74) is 0.240. The average Bonchev–Trinajstić information content (AvgIpc) is 2.39. The van der Waals surface area contributed by atoms with E-state index in [1.807, 2.05) is 0 Å². The Labute approximate surface area is 160 Å². The van der Waals surface area contributed by atoms with Gasteiger partial charge in [-0.2, -0.15) is 0 Å². The van der Waals surface area contributed by atoms with Crippen LogP contribution >= 0.6 is 11.1 Å². The molecular formula is C20H46N2O2S. The standard InChI is InChI=1S/C20H46N2O2S/c1-18(2,3)12-16(23)14-21-20(6,7)11-10-19(4,5)13-17(24)15-22-25(8)9/h16-17,21-25H,10-15H2,1-9H3/t16-,17?/m1/s1. The predicted octanol–water partition coefficient (Wildman–Crippen LogP) is 3.47. The van der Waals surface area contributed by atoms with E-state index in [0.717, 1.165) is 25.7 Å². The van der Waals surface area contributed by atoms with E-state index in [2.05, 4.69) is 71.0 Å². The molecule has 2 atom stereocenters. The van der Waals surface area contributed by atoms with Crippen molar-refractivity contribution in [2.24, 2.45) is 10.8 Å². The zero-order valence-electron chi connectivity index (χ0n) is 18.2. The second-order valence-corrected chi connectivity index (χ2v) is 12.6. The average molecular weight is 379 g/mol. The van der Waals surface area contributed by atoms with Gasteiger partial charge in [0.15, 0.2) is 0 Å². The molecule has 25 heavy (non-hydrogen) atoms. The summed E-state index contributed by atoms with van der Waals surface area (Å²) in [5, 5.41) is 24.0. The quantitative estimate of drug-likeness (QED) is 0.337. The summed E-state index contributed by atoms with van der Waals surface area (Å²) in [6.45, 7) is 16.7. The van der Waals surface area contributed by atoms with Crippen LogP contribution in [-0.2, 0) is 0 Å². The highest BCUT2D eigenvalue weighted by atomic mass is 32.2. The lowest BCUT2D eigenvalue weighted by atomic mass is 9.79. The number of aliphatic hydroxyl groups excluding tert-OH is 2. The van der Waals surface area contributed by atoms with Crippen LogP contribution in [0.1, 0.15) is 74.1 Å². The predicted molar refractivity (Wildman–Crippen MR) is 115 cm³/mol. The van der Waals surface area contributed by atoms with Crippen molar-refractivity contribution in [2.45, 2.75) is 91.9 Å². The first-order valence-corrected chi connectivity index (χ1v) is 11.9. The summed E-state index contributed by atoms with van der Waals surface area (Å²) in [4.78, 5) is 0. The molecule has 5 heteroatoms. The Morgan fingerprint density at radius 1 is 0.800 bits per heavy atom. The minimum atomic E-state index is -0.307. The first-order chi connectivity index (χ1) is 11.1. The Morgan fingerprint density at radius 3 is 1.80 bits per heavy atom. The summed E-state index contributed by atoms with van der Waals surface area (Å²) in [5.74, 6) is 0. The lowest BCUT2D eigenvalue weighted by Crippen LogP contribution is -2.44. The van der Waals surface area contributed by atoms with Gasteiger partial charge in [-0.25, -0.2) is 11.1 Å². The van der Waals surface area contributed by atoms with Crippen molar-refractivity contribution >= 4 is 11.1 Å². The van der Waals surface area contributed by atoms with Crippen LogP contribution in [0.3, 0.4) is 0 Å². The molecule has 0 saturated heterocycles. The normalized spacial score (nSPS) is 16.7. The molecule has 0 radical (unpaired) electrons. The van der Waals surface area contributed by atoms with Crippen molar-refractivity contribution < 1.29 is 10.2 Å². The van der Waals surface area contributed by atoms with Gasteiger partial charge in [-0.3, -0.25) is 4.72 Å². The molecule has 4 nitrogen and oxygen atoms in total. The van der Waals surface area contributed by atoms with Gasteiger partial charge in [-0.15, -0.1) is 0 Å². The Hall–Kier alpha value is 0.190. The number of thiol groups is 1. The summed E-state index contributed by atoms with van der Waals surface area (Å²) < 4.78 is 3.37. The molecule has 0 saturated carbocycles. The van der Waals surface area contributed by atoms with Crippen LogP contribution in [0.5, 0.6) is 0 Å². The van der Waals surface area contributed by atoms with Crippen LogP contribution < -0.4 is 10.0 Å². The third kappa shape index (κ3) is 15.0. The van der Waals surface area contributed by atoms with Crippen LogP contribution in [-0.4, -0.2) is 53.6 Å². The molecule has 0 rings (SSSR count). The molecule has 0 amide bonds. The minimum absolute atomic E-state index is 0.0134. The molecule has 0 bridgehead atoms. The minimum Gasteiger partial charge on any atom is -0.392 e. The molecule has 4 N–H and O–H groups in total. The Balaban J connectivity index is 4.27.